The molecule has 2 bridgehead atoms. The molecule has 1 aromatic rings. The number of hydrogen-bond donors (Lipinski definition) is 0. The Hall–Kier alpha value is -1.03. The van der Waals surface area contributed by atoms with Gasteiger partial charge in [0.15, 0.2) is 10.4 Å². The fraction of sp³-hybridized carbons (Fsp3) is 0.500. The average molecular weight is 310 g/mol. The van der Waals surface area contributed by atoms with E-state index in [1.165, 1.54) is 5.57 Å². The largest absolute Gasteiger partial charge is 0.444 e. The van der Waals surface area contributed by atoms with Crippen molar-refractivity contribution in [3.05, 3.63) is 34.2 Å². The molecule has 0 radical (unpaired) electrons. The van der Waals surface area contributed by atoms with Gasteiger partial charge in [-0.05, 0) is 60.7 Å². The van der Waals surface area contributed by atoms with Crippen LogP contribution in [0, 0.1) is 0 Å². The first-order chi connectivity index (χ1) is 8.69. The van der Waals surface area contributed by atoms with Crippen molar-refractivity contribution in [1.29, 1.82) is 0 Å². The van der Waals surface area contributed by atoms with Crippen molar-refractivity contribution in [2.24, 2.45) is 0 Å². The van der Waals surface area contributed by atoms with Gasteiger partial charge in [-0.25, -0.2) is 0 Å². The van der Waals surface area contributed by atoms with E-state index in [1.54, 1.807) is 12.1 Å². The van der Waals surface area contributed by atoms with Crippen LogP contribution in [0.3, 0.4) is 0 Å². The molecule has 1 aromatic heterocycles. The lowest BCUT2D eigenvalue weighted by molar-refractivity contribution is 0.0600. The molecule has 0 spiro atoms. The van der Waals surface area contributed by atoms with Gasteiger partial charge in [-0.2, -0.15) is 0 Å². The summed E-state index contributed by atoms with van der Waals surface area (Å²) in [5, 5.41) is 0. The molecule has 0 aliphatic carbocycles. The van der Waals surface area contributed by atoms with E-state index in [9.17, 15) is 4.79 Å². The van der Waals surface area contributed by atoms with Gasteiger partial charge in [0.25, 0.3) is 5.91 Å². The highest BCUT2D eigenvalue weighted by atomic mass is 79.9. The fourth-order valence-electron chi connectivity index (χ4n) is 3.17. The summed E-state index contributed by atoms with van der Waals surface area (Å²) in [6.45, 7) is 2.09. The van der Waals surface area contributed by atoms with Crippen molar-refractivity contribution >= 4 is 21.8 Å². The Morgan fingerprint density at radius 2 is 2.06 bits per heavy atom. The maximum absolute atomic E-state index is 12.5. The highest BCUT2D eigenvalue weighted by molar-refractivity contribution is 9.10. The number of hydrogen-bond acceptors (Lipinski definition) is 2. The molecule has 0 saturated carbocycles. The van der Waals surface area contributed by atoms with Crippen LogP contribution in [-0.2, 0) is 0 Å². The first-order valence-corrected chi connectivity index (χ1v) is 7.20. The number of halogens is 1. The normalized spacial score (nSPS) is 26.6. The summed E-state index contributed by atoms with van der Waals surface area (Å²) in [7, 11) is 0. The third-order valence-electron chi connectivity index (χ3n) is 4.04. The van der Waals surface area contributed by atoms with Gasteiger partial charge in [0.2, 0.25) is 0 Å². The summed E-state index contributed by atoms with van der Waals surface area (Å²) in [5.74, 6) is 0.492. The lowest BCUT2D eigenvalue weighted by atomic mass is 9.96. The van der Waals surface area contributed by atoms with E-state index >= 15 is 0 Å². The summed E-state index contributed by atoms with van der Waals surface area (Å²) in [5.41, 5.74) is 1.49. The van der Waals surface area contributed by atoms with Gasteiger partial charge >= 0.3 is 0 Å². The lowest BCUT2D eigenvalue weighted by Crippen LogP contribution is -2.44. The molecular weight excluding hydrogens is 294 g/mol. The molecule has 2 aliphatic heterocycles. The van der Waals surface area contributed by atoms with Gasteiger partial charge < -0.3 is 9.32 Å². The van der Waals surface area contributed by atoms with E-state index in [-0.39, 0.29) is 5.91 Å². The van der Waals surface area contributed by atoms with Crippen LogP contribution in [0.25, 0.3) is 0 Å². The minimum atomic E-state index is 0.0448. The van der Waals surface area contributed by atoms with E-state index in [0.29, 0.717) is 22.5 Å². The topological polar surface area (TPSA) is 33.5 Å². The summed E-state index contributed by atoms with van der Waals surface area (Å²) < 4.78 is 6.00. The average Bonchev–Trinajstić information content (AvgIpc) is 2.90. The Kier molecular flexibility index (Phi) is 3.06. The minimum Gasteiger partial charge on any atom is -0.444 e. The third kappa shape index (κ3) is 1.92. The predicted octanol–water partition coefficient (Wildman–Crippen LogP) is 3.76. The summed E-state index contributed by atoms with van der Waals surface area (Å²) >= 11 is 3.24. The van der Waals surface area contributed by atoms with Crippen LogP contribution in [0.15, 0.2) is 32.9 Å². The molecule has 96 valence electrons. The number of carbonyl (C=O) groups excluding carboxylic acids is 1. The molecule has 2 unspecified atom stereocenters. The van der Waals surface area contributed by atoms with Crippen LogP contribution in [-0.4, -0.2) is 22.9 Å². The molecule has 4 heteroatoms. The molecule has 1 amide bonds. The number of nitrogens with zero attached hydrogens (tertiary/aromatic N) is 1. The van der Waals surface area contributed by atoms with Crippen LogP contribution >= 0.6 is 15.9 Å². The minimum absolute atomic E-state index is 0.0448. The van der Waals surface area contributed by atoms with Crippen LogP contribution in [0.4, 0.5) is 0 Å². The number of rotatable bonds is 1. The lowest BCUT2D eigenvalue weighted by Gasteiger charge is -2.35. The van der Waals surface area contributed by atoms with Gasteiger partial charge in [0.05, 0.1) is 0 Å². The number of piperidine rings is 1. The van der Waals surface area contributed by atoms with Crippen LogP contribution in [0.1, 0.15) is 43.2 Å². The number of furan rings is 1. The van der Waals surface area contributed by atoms with E-state index in [2.05, 4.69) is 28.9 Å². The van der Waals surface area contributed by atoms with Crippen molar-refractivity contribution in [3.8, 4) is 0 Å². The van der Waals surface area contributed by atoms with Crippen molar-refractivity contribution in [2.75, 3.05) is 0 Å². The SMILES string of the molecule is CC=C1CC2CCC(C1)N2C(=O)c1ccc(Br)o1. The van der Waals surface area contributed by atoms with Crippen LogP contribution < -0.4 is 0 Å². The number of fused-ring (bicyclic) bond motifs is 2. The van der Waals surface area contributed by atoms with Gasteiger partial charge in [0.1, 0.15) is 0 Å². The van der Waals surface area contributed by atoms with Crippen LogP contribution in [0.5, 0.6) is 0 Å². The zero-order valence-electron chi connectivity index (χ0n) is 10.4. The van der Waals surface area contributed by atoms with Crippen molar-refractivity contribution in [2.45, 2.75) is 44.7 Å². The van der Waals surface area contributed by atoms with Crippen molar-refractivity contribution in [1.82, 2.24) is 4.90 Å². The number of allylic oxidation sites excluding steroid dienone is 1. The van der Waals surface area contributed by atoms with E-state index in [1.807, 2.05) is 4.90 Å². The summed E-state index contributed by atoms with van der Waals surface area (Å²) in [6, 6.07) is 4.26. The predicted molar refractivity (Wildman–Crippen MR) is 72.4 cm³/mol. The van der Waals surface area contributed by atoms with E-state index in [4.69, 9.17) is 4.42 Å². The van der Waals surface area contributed by atoms with E-state index < -0.39 is 0 Å². The van der Waals surface area contributed by atoms with Gasteiger partial charge in [-0.1, -0.05) is 11.6 Å². The Morgan fingerprint density at radius 1 is 1.39 bits per heavy atom. The van der Waals surface area contributed by atoms with Crippen molar-refractivity contribution in [3.63, 3.8) is 0 Å². The van der Waals surface area contributed by atoms with Crippen LogP contribution in [0.2, 0.25) is 0 Å². The molecule has 18 heavy (non-hydrogen) atoms. The molecular formula is C14H16BrNO2. The Morgan fingerprint density at radius 3 is 2.56 bits per heavy atom. The molecule has 3 nitrogen and oxygen atoms in total. The van der Waals surface area contributed by atoms with E-state index in [0.717, 1.165) is 25.7 Å². The molecule has 3 rings (SSSR count). The quantitative estimate of drug-likeness (QED) is 0.740. The second-order valence-electron chi connectivity index (χ2n) is 5.06. The zero-order chi connectivity index (χ0) is 12.7. The fourth-order valence-corrected chi connectivity index (χ4v) is 3.48. The van der Waals surface area contributed by atoms with Gasteiger partial charge in [-0.3, -0.25) is 4.79 Å². The molecule has 2 aliphatic rings. The molecule has 0 aromatic carbocycles. The number of carbonyl (C=O) groups is 1. The third-order valence-corrected chi connectivity index (χ3v) is 4.47. The second kappa shape index (κ2) is 4.57. The Balaban J connectivity index is 1.84. The highest BCUT2D eigenvalue weighted by Crippen LogP contribution is 2.39. The standard InChI is InChI=1S/C14H16BrNO2/c1-2-9-7-10-3-4-11(8-9)16(10)14(17)12-5-6-13(15)18-12/h2,5-6,10-11H,3-4,7-8H2,1H3. The molecule has 2 fully saturated rings. The van der Waals surface area contributed by atoms with Crippen molar-refractivity contribution < 1.29 is 9.21 Å². The molecule has 2 saturated heterocycles. The van der Waals surface area contributed by atoms with Gasteiger partial charge in [-0.15, -0.1) is 0 Å². The number of amides is 1. The second-order valence-corrected chi connectivity index (χ2v) is 5.84. The summed E-state index contributed by atoms with van der Waals surface area (Å²) in [6.07, 6.45) is 6.50. The molecule has 0 N–H and O–H groups in total. The smallest absolute Gasteiger partial charge is 0.290 e. The molecule has 2 atom stereocenters. The Bertz CT molecular complexity index is 490. The molecule has 3 heterocycles. The zero-order valence-corrected chi connectivity index (χ0v) is 11.9. The maximum atomic E-state index is 12.5. The highest BCUT2D eigenvalue weighted by Gasteiger charge is 2.42. The monoisotopic (exact) mass is 309 g/mol. The maximum Gasteiger partial charge on any atom is 0.290 e. The first kappa shape index (κ1) is 12.0. The summed E-state index contributed by atoms with van der Waals surface area (Å²) in [4.78, 5) is 14.5. The first-order valence-electron chi connectivity index (χ1n) is 6.41. The van der Waals surface area contributed by atoms with Gasteiger partial charge in [0, 0.05) is 12.1 Å². The Labute approximate surface area is 115 Å².